The molecule has 0 aromatic carbocycles. The largest absolute Gasteiger partial charge is 0.386 e. The van der Waals surface area contributed by atoms with Gasteiger partial charge in [0.05, 0.1) is 12.2 Å². The molecule has 0 radical (unpaired) electrons. The Morgan fingerprint density at radius 1 is 1.89 bits per heavy atom. The van der Waals surface area contributed by atoms with Crippen LogP contribution in [0.15, 0.2) is 16.9 Å². The molecule has 1 heterocycles. The van der Waals surface area contributed by atoms with E-state index in [1.54, 1.807) is 0 Å². The lowest BCUT2D eigenvalue weighted by Crippen LogP contribution is -2.28. The first-order chi connectivity index (χ1) is 4.33. The molecule has 0 fully saturated rings. The average molecular weight is 125 g/mol. The molecule has 1 aliphatic heterocycles. The van der Waals surface area contributed by atoms with E-state index in [1.165, 1.54) is 0 Å². The van der Waals surface area contributed by atoms with Crippen LogP contribution in [-0.4, -0.2) is 12.4 Å². The highest BCUT2D eigenvalue weighted by atomic mass is 15.0. The van der Waals surface area contributed by atoms with Gasteiger partial charge < -0.3 is 11.1 Å². The average Bonchev–Trinajstić information content (AvgIpc) is 1.88. The van der Waals surface area contributed by atoms with Crippen molar-refractivity contribution in [2.24, 2.45) is 10.7 Å². The van der Waals surface area contributed by atoms with Crippen molar-refractivity contribution in [3.05, 3.63) is 11.9 Å². The van der Waals surface area contributed by atoms with Gasteiger partial charge in [-0.15, -0.1) is 0 Å². The van der Waals surface area contributed by atoms with E-state index >= 15 is 0 Å². The Hall–Kier alpha value is -0.990. The molecule has 0 spiro atoms. The van der Waals surface area contributed by atoms with Gasteiger partial charge in [0.1, 0.15) is 5.84 Å². The van der Waals surface area contributed by atoms with Crippen LogP contribution >= 0.6 is 0 Å². The number of hydrogen-bond donors (Lipinski definition) is 2. The Morgan fingerprint density at radius 3 is 3.11 bits per heavy atom. The molecule has 0 bridgehead atoms. The zero-order chi connectivity index (χ0) is 6.69. The molecule has 0 saturated heterocycles. The summed E-state index contributed by atoms with van der Waals surface area (Å²) >= 11 is 0. The highest BCUT2D eigenvalue weighted by molar-refractivity contribution is 5.84. The second-order valence-corrected chi connectivity index (χ2v) is 1.97. The van der Waals surface area contributed by atoms with Gasteiger partial charge in [0, 0.05) is 6.20 Å². The van der Waals surface area contributed by atoms with E-state index in [2.05, 4.69) is 17.2 Å². The predicted molar refractivity (Wildman–Crippen MR) is 38.0 cm³/mol. The number of nitrogens with zero attached hydrogens (tertiary/aromatic N) is 1. The van der Waals surface area contributed by atoms with Gasteiger partial charge in [0.25, 0.3) is 0 Å². The fourth-order valence-electron chi connectivity index (χ4n) is 0.711. The standard InChI is InChI=1S/C6H11N3/c1-2-5-3-8-4-6(7)9-5/h3,8H,2,4H2,1H3,(H2,7,9). The normalized spacial score (nSPS) is 17.9. The topological polar surface area (TPSA) is 50.4 Å². The van der Waals surface area contributed by atoms with Gasteiger partial charge in [-0.25, -0.2) is 4.99 Å². The van der Waals surface area contributed by atoms with Gasteiger partial charge in [0.15, 0.2) is 0 Å². The summed E-state index contributed by atoms with van der Waals surface area (Å²) in [5.74, 6) is 0.675. The minimum atomic E-state index is 0.675. The maximum Gasteiger partial charge on any atom is 0.119 e. The van der Waals surface area contributed by atoms with Crippen molar-refractivity contribution in [3.63, 3.8) is 0 Å². The highest BCUT2D eigenvalue weighted by Gasteiger charge is 1.98. The monoisotopic (exact) mass is 125 g/mol. The molecule has 0 atom stereocenters. The smallest absolute Gasteiger partial charge is 0.119 e. The summed E-state index contributed by atoms with van der Waals surface area (Å²) in [7, 11) is 0. The molecule has 9 heavy (non-hydrogen) atoms. The molecule has 1 rings (SSSR count). The van der Waals surface area contributed by atoms with Crippen molar-refractivity contribution in [3.8, 4) is 0 Å². The van der Waals surface area contributed by atoms with Crippen LogP contribution < -0.4 is 11.1 Å². The number of hydrogen-bond acceptors (Lipinski definition) is 3. The summed E-state index contributed by atoms with van der Waals surface area (Å²) in [6, 6.07) is 0. The molecule has 3 nitrogen and oxygen atoms in total. The van der Waals surface area contributed by atoms with E-state index in [0.717, 1.165) is 12.1 Å². The lowest BCUT2D eigenvalue weighted by Gasteiger charge is -2.08. The fourth-order valence-corrected chi connectivity index (χ4v) is 0.711. The molecule has 0 aromatic heterocycles. The first-order valence-corrected chi connectivity index (χ1v) is 3.08. The molecular weight excluding hydrogens is 114 g/mol. The Bertz CT molecular complexity index is 158. The second kappa shape index (κ2) is 2.53. The molecule has 0 amide bonds. The van der Waals surface area contributed by atoms with Gasteiger partial charge in [-0.1, -0.05) is 6.92 Å². The number of aliphatic imine (C=N–C) groups is 1. The van der Waals surface area contributed by atoms with Crippen LogP contribution in [-0.2, 0) is 0 Å². The van der Waals surface area contributed by atoms with E-state index < -0.39 is 0 Å². The lowest BCUT2D eigenvalue weighted by molar-refractivity contribution is 0.910. The third-order valence-corrected chi connectivity index (χ3v) is 1.20. The molecule has 1 aliphatic rings. The number of nitrogens with two attached hydrogens (primary N) is 1. The van der Waals surface area contributed by atoms with Crippen LogP contribution in [0.4, 0.5) is 0 Å². The van der Waals surface area contributed by atoms with E-state index in [0.29, 0.717) is 12.4 Å². The molecule has 0 aromatic rings. The van der Waals surface area contributed by atoms with Crippen LogP contribution in [0.25, 0.3) is 0 Å². The summed E-state index contributed by atoms with van der Waals surface area (Å²) in [4.78, 5) is 4.09. The van der Waals surface area contributed by atoms with E-state index in [4.69, 9.17) is 5.73 Å². The summed E-state index contributed by atoms with van der Waals surface area (Å²) in [5.41, 5.74) is 6.47. The predicted octanol–water partition coefficient (Wildman–Crippen LogP) is 0.198. The first kappa shape index (κ1) is 6.13. The fraction of sp³-hybridized carbons (Fsp3) is 0.500. The first-order valence-electron chi connectivity index (χ1n) is 3.08. The minimum Gasteiger partial charge on any atom is -0.386 e. The van der Waals surface area contributed by atoms with Crippen LogP contribution in [0.3, 0.4) is 0 Å². The van der Waals surface area contributed by atoms with Crippen LogP contribution in [0.2, 0.25) is 0 Å². The van der Waals surface area contributed by atoms with Crippen LogP contribution in [0.5, 0.6) is 0 Å². The van der Waals surface area contributed by atoms with Crippen LogP contribution in [0, 0.1) is 0 Å². The van der Waals surface area contributed by atoms with Gasteiger partial charge in [-0.05, 0) is 6.42 Å². The van der Waals surface area contributed by atoms with E-state index in [-0.39, 0.29) is 0 Å². The van der Waals surface area contributed by atoms with Gasteiger partial charge in [-0.2, -0.15) is 0 Å². The van der Waals surface area contributed by atoms with Gasteiger partial charge in [0.2, 0.25) is 0 Å². The summed E-state index contributed by atoms with van der Waals surface area (Å²) in [6.45, 7) is 2.74. The van der Waals surface area contributed by atoms with Crippen molar-refractivity contribution in [2.75, 3.05) is 6.54 Å². The lowest BCUT2D eigenvalue weighted by atomic mass is 10.3. The van der Waals surface area contributed by atoms with Gasteiger partial charge in [-0.3, -0.25) is 0 Å². The molecule has 3 heteroatoms. The SMILES string of the molecule is CCC1=CNCC(N)=N1. The van der Waals surface area contributed by atoms with Crippen molar-refractivity contribution in [1.29, 1.82) is 0 Å². The summed E-state index contributed by atoms with van der Waals surface area (Å²) in [5, 5.41) is 3.02. The number of nitrogens with one attached hydrogen (secondary N) is 1. The molecular formula is C6H11N3. The Labute approximate surface area is 54.7 Å². The molecule has 3 N–H and O–H groups in total. The summed E-state index contributed by atoms with van der Waals surface area (Å²) in [6.07, 6.45) is 2.84. The van der Waals surface area contributed by atoms with Crippen molar-refractivity contribution in [2.45, 2.75) is 13.3 Å². The number of amidine groups is 1. The minimum absolute atomic E-state index is 0.675. The second-order valence-electron chi connectivity index (χ2n) is 1.97. The molecule has 0 saturated carbocycles. The quantitative estimate of drug-likeness (QED) is 0.526. The Kier molecular flexibility index (Phi) is 1.72. The maximum absolute atomic E-state index is 5.45. The maximum atomic E-state index is 5.45. The zero-order valence-electron chi connectivity index (χ0n) is 5.52. The van der Waals surface area contributed by atoms with Crippen molar-refractivity contribution in [1.82, 2.24) is 5.32 Å². The molecule has 50 valence electrons. The van der Waals surface area contributed by atoms with Crippen LogP contribution in [0.1, 0.15) is 13.3 Å². The number of rotatable bonds is 1. The number of allylic oxidation sites excluding steroid dienone is 1. The highest BCUT2D eigenvalue weighted by Crippen LogP contribution is 2.02. The third-order valence-electron chi connectivity index (χ3n) is 1.20. The molecule has 0 aliphatic carbocycles. The Balaban J connectivity index is 2.63. The van der Waals surface area contributed by atoms with Gasteiger partial charge >= 0.3 is 0 Å². The van der Waals surface area contributed by atoms with Crippen molar-refractivity contribution >= 4 is 5.84 Å². The summed E-state index contributed by atoms with van der Waals surface area (Å²) < 4.78 is 0. The van der Waals surface area contributed by atoms with E-state index in [1.807, 2.05) is 6.20 Å². The van der Waals surface area contributed by atoms with Crippen molar-refractivity contribution < 1.29 is 0 Å². The van der Waals surface area contributed by atoms with E-state index in [9.17, 15) is 0 Å². The molecule has 0 unspecified atom stereocenters. The third kappa shape index (κ3) is 1.45. The zero-order valence-corrected chi connectivity index (χ0v) is 5.52. The Morgan fingerprint density at radius 2 is 2.67 bits per heavy atom.